The third-order valence-corrected chi connectivity index (χ3v) is 9.76. The molecule has 0 amide bonds. The van der Waals surface area contributed by atoms with Gasteiger partial charge in [0.25, 0.3) is 0 Å². The van der Waals surface area contributed by atoms with Crippen molar-refractivity contribution in [1.82, 2.24) is 0 Å². The van der Waals surface area contributed by atoms with E-state index in [1.807, 2.05) is 0 Å². The number of aliphatic carboxylic acids is 1. The van der Waals surface area contributed by atoms with Crippen LogP contribution in [-0.2, 0) is 28.6 Å². The van der Waals surface area contributed by atoms with Gasteiger partial charge in [0, 0.05) is 19.3 Å². The molecule has 8 heteroatoms. The normalized spacial score (nSPS) is 13.3. The predicted octanol–water partition coefficient (Wildman–Crippen LogP) is 10.5. The van der Waals surface area contributed by atoms with Crippen molar-refractivity contribution < 1.29 is 38.2 Å². The molecule has 314 valence electrons. The van der Waals surface area contributed by atoms with Gasteiger partial charge in [0.2, 0.25) is 0 Å². The molecule has 0 aliphatic carbocycles. The number of quaternary nitrogens is 1. The summed E-state index contributed by atoms with van der Waals surface area (Å²) in [6.45, 7) is 4.54. The highest BCUT2D eigenvalue weighted by atomic mass is 16.6. The Morgan fingerprint density at radius 2 is 1.04 bits per heavy atom. The molecular weight excluding hydrogens is 679 g/mol. The average molecular weight is 762 g/mol. The van der Waals surface area contributed by atoms with Gasteiger partial charge in [0.1, 0.15) is 12.6 Å². The molecule has 0 saturated heterocycles. The van der Waals surface area contributed by atoms with E-state index in [9.17, 15) is 19.5 Å². The number of carbonyl (C=O) groups is 3. The Kier molecular flexibility index (Phi) is 35.8. The summed E-state index contributed by atoms with van der Waals surface area (Å²) in [6.07, 6.45) is 41.6. The topological polar surface area (TPSA) is 102 Å². The molecule has 0 radical (unpaired) electrons. The number of hydrogen-bond donors (Lipinski definition) is 0. The second-order valence-electron chi connectivity index (χ2n) is 15.9. The van der Waals surface area contributed by atoms with Crippen LogP contribution in [0.25, 0.3) is 0 Å². The van der Waals surface area contributed by atoms with Gasteiger partial charge in [-0.05, 0) is 64.2 Å². The summed E-state index contributed by atoms with van der Waals surface area (Å²) in [6, 6.07) is -0.727. The molecule has 0 aliphatic heterocycles. The highest BCUT2D eigenvalue weighted by Crippen LogP contribution is 2.14. The number of allylic oxidation sites excluding steroid dienone is 6. The zero-order valence-corrected chi connectivity index (χ0v) is 35.6. The van der Waals surface area contributed by atoms with Crippen LogP contribution in [0.3, 0.4) is 0 Å². The molecule has 0 fully saturated rings. The monoisotopic (exact) mass is 762 g/mol. The minimum atomic E-state index is -1.13. The van der Waals surface area contributed by atoms with Crippen LogP contribution in [0.2, 0.25) is 0 Å². The van der Waals surface area contributed by atoms with E-state index < -0.39 is 18.1 Å². The molecule has 0 spiro atoms. The van der Waals surface area contributed by atoms with Crippen LogP contribution >= 0.6 is 0 Å². The fourth-order valence-electron chi connectivity index (χ4n) is 6.34. The summed E-state index contributed by atoms with van der Waals surface area (Å²) in [4.78, 5) is 36.8. The van der Waals surface area contributed by atoms with E-state index in [1.54, 1.807) is 21.1 Å². The van der Waals surface area contributed by atoms with Gasteiger partial charge in [-0.25, -0.2) is 0 Å². The van der Waals surface area contributed by atoms with Crippen molar-refractivity contribution in [3.8, 4) is 0 Å². The van der Waals surface area contributed by atoms with Crippen LogP contribution in [0.4, 0.5) is 0 Å². The van der Waals surface area contributed by atoms with Crippen LogP contribution in [0.1, 0.15) is 187 Å². The predicted molar refractivity (Wildman–Crippen MR) is 222 cm³/mol. The molecule has 0 bridgehead atoms. The Balaban J connectivity index is 4.36. The quantitative estimate of drug-likeness (QED) is 0.0266. The maximum Gasteiger partial charge on any atom is 0.306 e. The van der Waals surface area contributed by atoms with Crippen LogP contribution < -0.4 is 5.11 Å². The Morgan fingerprint density at radius 1 is 0.574 bits per heavy atom. The molecule has 54 heavy (non-hydrogen) atoms. The number of carboxylic acids is 1. The maximum absolute atomic E-state index is 12.7. The molecule has 0 heterocycles. The molecule has 0 aromatic rings. The fourth-order valence-corrected chi connectivity index (χ4v) is 6.34. The van der Waals surface area contributed by atoms with Crippen molar-refractivity contribution in [1.29, 1.82) is 0 Å². The lowest BCUT2D eigenvalue weighted by molar-refractivity contribution is -0.889. The van der Waals surface area contributed by atoms with Crippen molar-refractivity contribution >= 4 is 17.9 Å². The molecule has 2 atom stereocenters. The van der Waals surface area contributed by atoms with Gasteiger partial charge in [-0.3, -0.25) is 9.59 Å². The van der Waals surface area contributed by atoms with Crippen molar-refractivity contribution in [2.45, 2.75) is 199 Å². The lowest BCUT2D eigenvalue weighted by Crippen LogP contribution is -2.55. The molecule has 0 saturated carbocycles. The van der Waals surface area contributed by atoms with Gasteiger partial charge >= 0.3 is 11.9 Å². The number of carbonyl (C=O) groups excluding carboxylic acids is 3. The first-order chi connectivity index (χ1) is 26.1. The minimum absolute atomic E-state index is 0.0358. The van der Waals surface area contributed by atoms with E-state index >= 15 is 0 Å². The number of rotatable bonds is 39. The Bertz CT molecular complexity index is 984. The summed E-state index contributed by atoms with van der Waals surface area (Å²) in [7, 11) is 5.40. The highest BCUT2D eigenvalue weighted by Gasteiger charge is 2.25. The summed E-state index contributed by atoms with van der Waals surface area (Å²) >= 11 is 0. The smallest absolute Gasteiger partial charge is 0.306 e. The lowest BCUT2D eigenvalue weighted by atomic mass is 10.1. The third-order valence-electron chi connectivity index (χ3n) is 9.76. The zero-order valence-electron chi connectivity index (χ0n) is 35.6. The van der Waals surface area contributed by atoms with E-state index in [4.69, 9.17) is 14.2 Å². The largest absolute Gasteiger partial charge is 0.544 e. The maximum atomic E-state index is 12.7. The van der Waals surface area contributed by atoms with Crippen LogP contribution in [0.15, 0.2) is 36.5 Å². The zero-order chi connectivity index (χ0) is 40.0. The number of likely N-dealkylation sites (N-methyl/N-ethyl adjacent to an activating group) is 1. The molecular formula is C46H83NO7. The Labute approximate surface area is 332 Å². The van der Waals surface area contributed by atoms with E-state index in [0.29, 0.717) is 12.8 Å². The van der Waals surface area contributed by atoms with E-state index in [0.717, 1.165) is 70.6 Å². The van der Waals surface area contributed by atoms with E-state index in [-0.39, 0.29) is 42.7 Å². The van der Waals surface area contributed by atoms with E-state index in [1.165, 1.54) is 83.5 Å². The first-order valence-corrected chi connectivity index (χ1v) is 22.0. The second-order valence-corrected chi connectivity index (χ2v) is 15.9. The molecule has 0 N–H and O–H groups in total. The number of nitrogens with zero attached hydrogens (tertiary/aromatic N) is 1. The molecule has 2 unspecified atom stereocenters. The first-order valence-electron chi connectivity index (χ1n) is 22.0. The van der Waals surface area contributed by atoms with Gasteiger partial charge in [0.15, 0.2) is 6.10 Å². The molecule has 0 rings (SSSR count). The number of unbranched alkanes of at least 4 members (excludes halogenated alkanes) is 19. The van der Waals surface area contributed by atoms with Crippen LogP contribution in [-0.4, -0.2) is 75.5 Å². The van der Waals surface area contributed by atoms with Crippen molar-refractivity contribution in [2.75, 3.05) is 41.0 Å². The van der Waals surface area contributed by atoms with Crippen molar-refractivity contribution in [3.63, 3.8) is 0 Å². The Hall–Kier alpha value is -2.45. The fraction of sp³-hybridized carbons (Fsp3) is 0.804. The van der Waals surface area contributed by atoms with Gasteiger partial charge in [-0.15, -0.1) is 0 Å². The molecule has 0 aromatic carbocycles. The van der Waals surface area contributed by atoms with Gasteiger partial charge in [-0.1, -0.05) is 140 Å². The molecule has 8 nitrogen and oxygen atoms in total. The van der Waals surface area contributed by atoms with Crippen molar-refractivity contribution in [3.05, 3.63) is 36.5 Å². The number of ether oxygens (including phenoxy) is 3. The van der Waals surface area contributed by atoms with Gasteiger partial charge in [0.05, 0.1) is 40.3 Å². The number of carboxylic acid groups (broad SMARTS) is 1. The van der Waals surface area contributed by atoms with Gasteiger partial charge < -0.3 is 28.6 Å². The first kappa shape index (κ1) is 51.5. The Morgan fingerprint density at radius 3 is 1.54 bits per heavy atom. The summed E-state index contributed by atoms with van der Waals surface area (Å²) in [5, 5.41) is 11.6. The van der Waals surface area contributed by atoms with Crippen LogP contribution in [0.5, 0.6) is 0 Å². The third kappa shape index (κ3) is 35.3. The SMILES string of the molecule is CC/C=C/C/C=C/CCCCCCCCCC(=O)OCC(COCCC(C(=O)[O-])[N+](C)(C)C)OC(=O)CCCCCCC/C=C/CCCCCCCCC. The summed E-state index contributed by atoms with van der Waals surface area (Å²) in [5.74, 6) is -1.75. The molecule has 0 aliphatic rings. The second kappa shape index (κ2) is 37.5. The van der Waals surface area contributed by atoms with Crippen LogP contribution in [0, 0.1) is 0 Å². The number of hydrogen-bond acceptors (Lipinski definition) is 7. The summed E-state index contributed by atoms with van der Waals surface area (Å²) in [5.41, 5.74) is 0. The minimum Gasteiger partial charge on any atom is -0.544 e. The molecule has 0 aromatic heterocycles. The average Bonchev–Trinajstić information content (AvgIpc) is 3.12. The highest BCUT2D eigenvalue weighted by molar-refractivity contribution is 5.70. The lowest BCUT2D eigenvalue weighted by Gasteiger charge is -2.34. The van der Waals surface area contributed by atoms with Crippen molar-refractivity contribution in [2.24, 2.45) is 0 Å². The summed E-state index contributed by atoms with van der Waals surface area (Å²) < 4.78 is 17.1. The van der Waals surface area contributed by atoms with Gasteiger partial charge in [-0.2, -0.15) is 0 Å². The standard InChI is InChI=1S/C46H83NO7/c1-6-8-10-12-14-16-18-20-22-23-25-27-29-31-33-35-37-45(49)54-42(40-52-39-38-43(46(50)51)47(3,4)5)41-53-44(48)36-34-32-30-28-26-24-21-19-17-15-13-11-9-7-2/h9,11,15,17,22-23,42-43H,6-8,10,12-14,16,18-21,24-41H2,1-5H3/b11-9+,17-15+,23-22+. The number of esters is 2. The van der Waals surface area contributed by atoms with E-state index in [2.05, 4.69) is 50.3 Å².